The molecule has 1 N–H and O–H groups in total. The summed E-state index contributed by atoms with van der Waals surface area (Å²) in [5, 5.41) is 2.97. The summed E-state index contributed by atoms with van der Waals surface area (Å²) in [6.07, 6.45) is 0.799. The maximum Gasteiger partial charge on any atom is 0.261 e. The number of thiazole rings is 1. The van der Waals surface area contributed by atoms with Crippen LogP contribution in [0.3, 0.4) is 0 Å². The molecule has 33 heavy (non-hydrogen) atoms. The number of carbonyl (C=O) groups is 1. The molecule has 0 bridgehead atoms. The van der Waals surface area contributed by atoms with Crippen LogP contribution in [0.15, 0.2) is 52.7 Å². The maximum absolute atomic E-state index is 13.3. The minimum absolute atomic E-state index is 0.0181. The second-order valence-corrected chi connectivity index (χ2v) is 10.5. The fraction of sp³-hybridized carbons (Fsp3) is 0.304. The first kappa shape index (κ1) is 23.2. The van der Waals surface area contributed by atoms with E-state index >= 15 is 0 Å². The minimum atomic E-state index is -3.94. The van der Waals surface area contributed by atoms with Crippen molar-refractivity contribution < 1.29 is 17.6 Å². The zero-order chi connectivity index (χ0) is 23.6. The molecule has 0 unspecified atom stereocenters. The lowest BCUT2D eigenvalue weighted by molar-refractivity contribution is 0.0766. The first-order valence-corrected chi connectivity index (χ1v) is 12.9. The van der Waals surface area contributed by atoms with Gasteiger partial charge in [-0.05, 0) is 62.2 Å². The van der Waals surface area contributed by atoms with E-state index in [2.05, 4.69) is 14.6 Å². The SMILES string of the molecule is Cc1csc(N2CCCN(C(=O)c3cc(S(=O)(=O)Nc4ccc(F)cc4)ccc3C)CC2)n1. The molecule has 3 aromatic rings. The number of nitrogens with one attached hydrogen (secondary N) is 1. The number of aromatic nitrogens is 1. The van der Waals surface area contributed by atoms with Gasteiger partial charge >= 0.3 is 0 Å². The number of sulfonamides is 1. The lowest BCUT2D eigenvalue weighted by Crippen LogP contribution is -2.35. The summed E-state index contributed by atoms with van der Waals surface area (Å²) in [6, 6.07) is 9.56. The summed E-state index contributed by atoms with van der Waals surface area (Å²) in [5.74, 6) is -0.648. The van der Waals surface area contributed by atoms with Gasteiger partial charge in [-0.25, -0.2) is 17.8 Å². The Hall–Kier alpha value is -2.98. The maximum atomic E-state index is 13.3. The average molecular weight is 489 g/mol. The fourth-order valence-corrected chi connectivity index (χ4v) is 5.64. The van der Waals surface area contributed by atoms with Crippen LogP contribution in [0.1, 0.15) is 28.0 Å². The minimum Gasteiger partial charge on any atom is -0.346 e. The Morgan fingerprint density at radius 3 is 2.52 bits per heavy atom. The molecule has 10 heteroatoms. The molecule has 2 aromatic carbocycles. The number of benzene rings is 2. The number of hydrogen-bond donors (Lipinski definition) is 1. The zero-order valence-corrected chi connectivity index (χ0v) is 20.0. The van der Waals surface area contributed by atoms with E-state index in [-0.39, 0.29) is 16.5 Å². The molecular formula is C23H25FN4O3S2. The summed E-state index contributed by atoms with van der Waals surface area (Å²) in [6.45, 7) is 6.35. The highest BCUT2D eigenvalue weighted by Crippen LogP contribution is 2.24. The van der Waals surface area contributed by atoms with Crippen LogP contribution in [0.5, 0.6) is 0 Å². The van der Waals surface area contributed by atoms with E-state index < -0.39 is 15.8 Å². The van der Waals surface area contributed by atoms with Crippen LogP contribution in [-0.4, -0.2) is 50.4 Å². The molecule has 0 radical (unpaired) electrons. The van der Waals surface area contributed by atoms with E-state index in [0.29, 0.717) is 30.8 Å². The van der Waals surface area contributed by atoms with Crippen LogP contribution < -0.4 is 9.62 Å². The summed E-state index contributed by atoms with van der Waals surface area (Å²) in [7, 11) is -3.94. The molecule has 0 atom stereocenters. The van der Waals surface area contributed by atoms with Crippen molar-refractivity contribution in [1.29, 1.82) is 0 Å². The number of rotatable bonds is 5. The van der Waals surface area contributed by atoms with E-state index in [4.69, 9.17) is 0 Å². The number of halogens is 1. The Morgan fingerprint density at radius 2 is 1.82 bits per heavy atom. The normalized spacial score (nSPS) is 14.8. The summed E-state index contributed by atoms with van der Waals surface area (Å²) in [5.41, 5.74) is 2.29. The van der Waals surface area contributed by atoms with Crippen molar-refractivity contribution in [3.05, 3.63) is 70.5 Å². The summed E-state index contributed by atoms with van der Waals surface area (Å²) >= 11 is 1.60. The standard InChI is InChI=1S/C23H25FN4O3S2/c1-16-4-9-20(33(30,31)26-19-7-5-18(24)6-8-19)14-21(16)22(29)27-10-3-11-28(13-12-27)23-25-17(2)15-32-23/h4-9,14-15,26H,3,10-13H2,1-2H3. The van der Waals surface area contributed by atoms with E-state index in [1.165, 1.54) is 36.4 Å². The van der Waals surface area contributed by atoms with Gasteiger partial charge in [-0.3, -0.25) is 9.52 Å². The summed E-state index contributed by atoms with van der Waals surface area (Å²) < 4.78 is 41.3. The van der Waals surface area contributed by atoms with Crippen LogP contribution in [0, 0.1) is 19.7 Å². The number of hydrogen-bond acceptors (Lipinski definition) is 6. The number of amides is 1. The third-order valence-electron chi connectivity index (χ3n) is 5.51. The number of nitrogens with zero attached hydrogens (tertiary/aromatic N) is 3. The second-order valence-electron chi connectivity index (χ2n) is 7.99. The molecule has 1 saturated heterocycles. The highest BCUT2D eigenvalue weighted by molar-refractivity contribution is 7.92. The van der Waals surface area contributed by atoms with Gasteiger partial charge in [-0.15, -0.1) is 11.3 Å². The molecule has 0 saturated carbocycles. The average Bonchev–Trinajstić information content (AvgIpc) is 3.06. The van der Waals surface area contributed by atoms with Crippen molar-refractivity contribution in [3.63, 3.8) is 0 Å². The molecule has 1 fully saturated rings. The third-order valence-corrected chi connectivity index (χ3v) is 7.90. The van der Waals surface area contributed by atoms with E-state index in [9.17, 15) is 17.6 Å². The van der Waals surface area contributed by atoms with Crippen LogP contribution in [0.4, 0.5) is 15.2 Å². The Labute approximate surface area is 196 Å². The molecule has 2 heterocycles. The molecule has 0 spiro atoms. The highest BCUT2D eigenvalue weighted by atomic mass is 32.2. The van der Waals surface area contributed by atoms with Gasteiger partial charge in [-0.1, -0.05) is 6.07 Å². The zero-order valence-electron chi connectivity index (χ0n) is 18.4. The molecule has 1 aromatic heterocycles. The van der Waals surface area contributed by atoms with Gasteiger partial charge in [-0.2, -0.15) is 0 Å². The molecule has 1 aliphatic rings. The molecule has 4 rings (SSSR count). The number of carbonyl (C=O) groups excluding carboxylic acids is 1. The largest absolute Gasteiger partial charge is 0.346 e. The van der Waals surface area contributed by atoms with Crippen molar-refractivity contribution in [2.24, 2.45) is 0 Å². The quantitative estimate of drug-likeness (QED) is 0.586. The van der Waals surface area contributed by atoms with Crippen molar-refractivity contribution in [2.45, 2.75) is 25.2 Å². The van der Waals surface area contributed by atoms with Crippen molar-refractivity contribution in [2.75, 3.05) is 35.8 Å². The van der Waals surface area contributed by atoms with E-state index in [0.717, 1.165) is 23.8 Å². The van der Waals surface area contributed by atoms with Crippen LogP contribution in [0.2, 0.25) is 0 Å². The van der Waals surface area contributed by atoms with Gasteiger partial charge in [0.15, 0.2) is 5.13 Å². The first-order valence-electron chi connectivity index (χ1n) is 10.6. The Kier molecular flexibility index (Phi) is 6.66. The topological polar surface area (TPSA) is 82.6 Å². The second kappa shape index (κ2) is 9.48. The van der Waals surface area contributed by atoms with Crippen LogP contribution >= 0.6 is 11.3 Å². The van der Waals surface area contributed by atoms with Crippen molar-refractivity contribution >= 4 is 38.1 Å². The third kappa shape index (κ3) is 5.33. The lowest BCUT2D eigenvalue weighted by Gasteiger charge is -2.23. The van der Waals surface area contributed by atoms with Crippen LogP contribution in [-0.2, 0) is 10.0 Å². The smallest absolute Gasteiger partial charge is 0.261 e. The first-order chi connectivity index (χ1) is 15.7. The highest BCUT2D eigenvalue weighted by Gasteiger charge is 2.24. The monoisotopic (exact) mass is 488 g/mol. The van der Waals surface area contributed by atoms with Gasteiger partial charge in [0, 0.05) is 42.8 Å². The van der Waals surface area contributed by atoms with Gasteiger partial charge < -0.3 is 9.80 Å². The summed E-state index contributed by atoms with van der Waals surface area (Å²) in [4.78, 5) is 21.8. The number of anilines is 2. The predicted octanol–water partition coefficient (Wildman–Crippen LogP) is 4.05. The predicted molar refractivity (Wildman–Crippen MR) is 128 cm³/mol. The van der Waals surface area contributed by atoms with E-state index in [1.54, 1.807) is 29.2 Å². The van der Waals surface area contributed by atoms with Crippen LogP contribution in [0.25, 0.3) is 0 Å². The molecule has 0 aliphatic carbocycles. The van der Waals surface area contributed by atoms with E-state index in [1.807, 2.05) is 12.3 Å². The lowest BCUT2D eigenvalue weighted by atomic mass is 10.1. The molecule has 1 amide bonds. The molecular weight excluding hydrogens is 463 g/mol. The Morgan fingerprint density at radius 1 is 1.06 bits per heavy atom. The Balaban J connectivity index is 1.52. The molecule has 1 aliphatic heterocycles. The van der Waals surface area contributed by atoms with Gasteiger partial charge in [0.05, 0.1) is 10.6 Å². The van der Waals surface area contributed by atoms with Crippen molar-refractivity contribution in [1.82, 2.24) is 9.88 Å². The fourth-order valence-electron chi connectivity index (χ4n) is 3.70. The van der Waals surface area contributed by atoms with Crippen molar-refractivity contribution in [3.8, 4) is 0 Å². The van der Waals surface area contributed by atoms with Gasteiger partial charge in [0.25, 0.3) is 15.9 Å². The Bertz CT molecular complexity index is 1260. The molecule has 174 valence electrons. The van der Waals surface area contributed by atoms with Gasteiger partial charge in [0.2, 0.25) is 0 Å². The molecule has 7 nitrogen and oxygen atoms in total. The van der Waals surface area contributed by atoms with Gasteiger partial charge in [0.1, 0.15) is 5.82 Å². The number of aryl methyl sites for hydroxylation is 2.